The summed E-state index contributed by atoms with van der Waals surface area (Å²) in [6.45, 7) is 2.09. The summed E-state index contributed by atoms with van der Waals surface area (Å²) < 4.78 is 1.83. The first-order valence-electron chi connectivity index (χ1n) is 5.15. The van der Waals surface area contributed by atoms with Gasteiger partial charge in [0, 0.05) is 4.90 Å². The first-order valence-corrected chi connectivity index (χ1v) is 6.38. The van der Waals surface area contributed by atoms with E-state index in [4.69, 9.17) is 5.73 Å². The Morgan fingerprint density at radius 2 is 1.94 bits per heavy atom. The molecule has 0 saturated heterocycles. The highest BCUT2D eigenvalue weighted by Crippen LogP contribution is 2.22. The minimum atomic E-state index is 0.172. The van der Waals surface area contributed by atoms with Gasteiger partial charge in [0.15, 0.2) is 0 Å². The number of nitrogen functional groups attached to an aromatic ring is 1. The molecule has 1 aromatic heterocycles. The molecule has 1 heterocycles. The Labute approximate surface area is 99.7 Å². The van der Waals surface area contributed by atoms with E-state index < -0.39 is 0 Å². The van der Waals surface area contributed by atoms with Gasteiger partial charge in [0.05, 0.1) is 12.2 Å². The average Bonchev–Trinajstić information content (AvgIpc) is 2.75. The lowest BCUT2D eigenvalue weighted by atomic mass is 10.1. The van der Waals surface area contributed by atoms with E-state index in [0.29, 0.717) is 5.82 Å². The van der Waals surface area contributed by atoms with E-state index in [0.717, 1.165) is 0 Å². The van der Waals surface area contributed by atoms with Crippen molar-refractivity contribution in [3.8, 4) is 0 Å². The molecule has 0 aliphatic heterocycles. The normalized spacial score (nSPS) is 12.6. The van der Waals surface area contributed by atoms with E-state index in [-0.39, 0.29) is 6.04 Å². The number of anilines is 1. The van der Waals surface area contributed by atoms with Crippen molar-refractivity contribution in [2.75, 3.05) is 12.0 Å². The molecule has 0 spiro atoms. The molecule has 0 aliphatic rings. The number of hydrogen-bond donors (Lipinski definition) is 1. The summed E-state index contributed by atoms with van der Waals surface area (Å²) >= 11 is 1.74. The zero-order chi connectivity index (χ0) is 11.5. The van der Waals surface area contributed by atoms with Gasteiger partial charge in [-0.05, 0) is 36.9 Å². The summed E-state index contributed by atoms with van der Waals surface area (Å²) in [6, 6.07) is 10.5. The van der Waals surface area contributed by atoms with E-state index in [1.54, 1.807) is 18.0 Å². The van der Waals surface area contributed by atoms with Crippen LogP contribution in [0.15, 0.2) is 41.4 Å². The third-order valence-electron chi connectivity index (χ3n) is 2.67. The van der Waals surface area contributed by atoms with Crippen LogP contribution >= 0.6 is 11.8 Å². The topological polar surface area (TPSA) is 43.8 Å². The van der Waals surface area contributed by atoms with Crippen molar-refractivity contribution in [1.82, 2.24) is 9.78 Å². The Morgan fingerprint density at radius 1 is 1.25 bits per heavy atom. The number of nitrogens with two attached hydrogens (primary N) is 1. The molecule has 3 nitrogen and oxygen atoms in total. The first kappa shape index (κ1) is 11.1. The smallest absolute Gasteiger partial charge is 0.122 e. The molecular weight excluding hydrogens is 218 g/mol. The lowest BCUT2D eigenvalue weighted by Gasteiger charge is -2.14. The SMILES string of the molecule is CSc1ccc(C(C)n2nccc2N)cc1. The molecule has 1 unspecified atom stereocenters. The number of aromatic nitrogens is 2. The van der Waals surface area contributed by atoms with Gasteiger partial charge in [0.2, 0.25) is 0 Å². The summed E-state index contributed by atoms with van der Waals surface area (Å²) in [5, 5.41) is 4.22. The molecule has 0 bridgehead atoms. The summed E-state index contributed by atoms with van der Waals surface area (Å²) in [4.78, 5) is 1.27. The molecule has 2 aromatic rings. The van der Waals surface area contributed by atoms with E-state index in [2.05, 4.69) is 42.5 Å². The van der Waals surface area contributed by atoms with Crippen LogP contribution in [0.25, 0.3) is 0 Å². The van der Waals surface area contributed by atoms with Gasteiger partial charge in [-0.25, -0.2) is 4.68 Å². The Morgan fingerprint density at radius 3 is 2.44 bits per heavy atom. The van der Waals surface area contributed by atoms with Crippen LogP contribution in [-0.2, 0) is 0 Å². The van der Waals surface area contributed by atoms with Gasteiger partial charge >= 0.3 is 0 Å². The number of nitrogens with zero attached hydrogens (tertiary/aromatic N) is 2. The lowest BCUT2D eigenvalue weighted by molar-refractivity contribution is 0.573. The van der Waals surface area contributed by atoms with Crippen molar-refractivity contribution in [2.24, 2.45) is 0 Å². The van der Waals surface area contributed by atoms with Crippen molar-refractivity contribution < 1.29 is 0 Å². The Kier molecular flexibility index (Phi) is 3.19. The van der Waals surface area contributed by atoms with E-state index in [1.165, 1.54) is 10.5 Å². The van der Waals surface area contributed by atoms with E-state index in [1.807, 2.05) is 10.7 Å². The maximum atomic E-state index is 5.83. The molecule has 0 saturated carbocycles. The van der Waals surface area contributed by atoms with Crippen LogP contribution in [0.2, 0.25) is 0 Å². The molecule has 2 N–H and O–H groups in total. The molecule has 0 fully saturated rings. The highest BCUT2D eigenvalue weighted by molar-refractivity contribution is 7.98. The predicted octanol–water partition coefficient (Wildman–Crippen LogP) is 2.80. The van der Waals surface area contributed by atoms with Gasteiger partial charge in [0.1, 0.15) is 5.82 Å². The minimum absolute atomic E-state index is 0.172. The predicted molar refractivity (Wildman–Crippen MR) is 68.7 cm³/mol. The Hall–Kier alpha value is -1.42. The minimum Gasteiger partial charge on any atom is -0.384 e. The van der Waals surface area contributed by atoms with Gasteiger partial charge in [-0.15, -0.1) is 11.8 Å². The van der Waals surface area contributed by atoms with Gasteiger partial charge in [-0.2, -0.15) is 5.10 Å². The first-order chi connectivity index (χ1) is 7.72. The standard InChI is InChI=1S/C12H15N3S/c1-9(15-12(13)7-8-14-15)10-3-5-11(16-2)6-4-10/h3-9H,13H2,1-2H3. The molecule has 2 rings (SSSR count). The van der Waals surface area contributed by atoms with Crippen LogP contribution in [0, 0.1) is 0 Å². The fourth-order valence-electron chi connectivity index (χ4n) is 1.67. The van der Waals surface area contributed by atoms with Crippen LogP contribution in [-0.4, -0.2) is 16.0 Å². The molecule has 0 radical (unpaired) electrons. The van der Waals surface area contributed by atoms with Crippen molar-refractivity contribution in [3.05, 3.63) is 42.1 Å². The zero-order valence-electron chi connectivity index (χ0n) is 9.42. The monoisotopic (exact) mass is 233 g/mol. The fourth-order valence-corrected chi connectivity index (χ4v) is 2.08. The van der Waals surface area contributed by atoms with Crippen molar-refractivity contribution >= 4 is 17.6 Å². The van der Waals surface area contributed by atoms with Crippen LogP contribution in [0.5, 0.6) is 0 Å². The molecule has 1 aromatic carbocycles. The van der Waals surface area contributed by atoms with Crippen LogP contribution in [0.4, 0.5) is 5.82 Å². The highest BCUT2D eigenvalue weighted by Gasteiger charge is 2.10. The van der Waals surface area contributed by atoms with Gasteiger partial charge in [-0.1, -0.05) is 12.1 Å². The van der Waals surface area contributed by atoms with Gasteiger partial charge < -0.3 is 5.73 Å². The number of thioether (sulfide) groups is 1. The van der Waals surface area contributed by atoms with E-state index >= 15 is 0 Å². The van der Waals surface area contributed by atoms with Crippen molar-refractivity contribution in [3.63, 3.8) is 0 Å². The third-order valence-corrected chi connectivity index (χ3v) is 3.41. The van der Waals surface area contributed by atoms with Gasteiger partial charge in [-0.3, -0.25) is 0 Å². The number of benzene rings is 1. The van der Waals surface area contributed by atoms with Crippen LogP contribution in [0.1, 0.15) is 18.5 Å². The maximum Gasteiger partial charge on any atom is 0.122 e. The summed E-state index contributed by atoms with van der Waals surface area (Å²) in [6.07, 6.45) is 3.80. The zero-order valence-corrected chi connectivity index (χ0v) is 10.2. The second-order valence-corrected chi connectivity index (χ2v) is 4.53. The summed E-state index contributed by atoms with van der Waals surface area (Å²) in [5.41, 5.74) is 7.05. The third kappa shape index (κ3) is 2.07. The summed E-state index contributed by atoms with van der Waals surface area (Å²) in [5.74, 6) is 0.696. The highest BCUT2D eigenvalue weighted by atomic mass is 32.2. The summed E-state index contributed by atoms with van der Waals surface area (Å²) in [7, 11) is 0. The molecule has 16 heavy (non-hydrogen) atoms. The van der Waals surface area contributed by atoms with Crippen LogP contribution in [0.3, 0.4) is 0 Å². The second kappa shape index (κ2) is 4.61. The molecule has 0 aliphatic carbocycles. The number of hydrogen-bond acceptors (Lipinski definition) is 3. The quantitative estimate of drug-likeness (QED) is 0.829. The number of rotatable bonds is 3. The molecule has 1 atom stereocenters. The Balaban J connectivity index is 2.27. The van der Waals surface area contributed by atoms with E-state index in [9.17, 15) is 0 Å². The lowest BCUT2D eigenvalue weighted by Crippen LogP contribution is -2.11. The van der Waals surface area contributed by atoms with Crippen molar-refractivity contribution in [1.29, 1.82) is 0 Å². The maximum absolute atomic E-state index is 5.83. The fraction of sp³-hybridized carbons (Fsp3) is 0.250. The molecule has 4 heteroatoms. The molecule has 0 amide bonds. The molecular formula is C12H15N3S. The Bertz CT molecular complexity index is 461. The van der Waals surface area contributed by atoms with Crippen LogP contribution < -0.4 is 5.73 Å². The largest absolute Gasteiger partial charge is 0.384 e. The molecule has 84 valence electrons. The second-order valence-electron chi connectivity index (χ2n) is 3.65. The van der Waals surface area contributed by atoms with Gasteiger partial charge in [0.25, 0.3) is 0 Å². The van der Waals surface area contributed by atoms with Crippen molar-refractivity contribution in [2.45, 2.75) is 17.9 Å². The average molecular weight is 233 g/mol.